The fourth-order valence-electron chi connectivity index (χ4n) is 1.60. The lowest BCUT2D eigenvalue weighted by molar-refractivity contribution is 0.414. The first-order valence-electron chi connectivity index (χ1n) is 5.78. The Labute approximate surface area is 117 Å². The van der Waals surface area contributed by atoms with Gasteiger partial charge in [-0.15, -0.1) is 11.8 Å². The van der Waals surface area contributed by atoms with Gasteiger partial charge in [0.2, 0.25) is 0 Å². The van der Waals surface area contributed by atoms with Crippen LogP contribution in [0.4, 0.5) is 5.69 Å². The van der Waals surface area contributed by atoms with Crippen LogP contribution in [0.5, 0.6) is 5.75 Å². The molecule has 0 spiro atoms. The molecule has 2 N–H and O–H groups in total. The van der Waals surface area contributed by atoms with E-state index < -0.39 is 0 Å². The Bertz CT molecular complexity index is 603. The summed E-state index contributed by atoms with van der Waals surface area (Å²) in [5.74, 6) is 1.61. The standard InChI is InChI=1S/C15H14N2OS/c1-18-13-6-7-14(17)15(8-13)19-10-12-4-2-11(9-16)3-5-12/h2-8H,10,17H2,1H3. The quantitative estimate of drug-likeness (QED) is 0.683. The topological polar surface area (TPSA) is 59.0 Å². The molecule has 0 bridgehead atoms. The Morgan fingerprint density at radius 2 is 1.95 bits per heavy atom. The predicted octanol–water partition coefficient (Wildman–Crippen LogP) is 3.44. The van der Waals surface area contributed by atoms with Crippen molar-refractivity contribution in [3.05, 3.63) is 53.6 Å². The van der Waals surface area contributed by atoms with E-state index in [4.69, 9.17) is 15.7 Å². The number of nitrogens with two attached hydrogens (primary N) is 1. The van der Waals surface area contributed by atoms with Gasteiger partial charge in [-0.05, 0) is 35.9 Å². The average Bonchev–Trinajstić information content (AvgIpc) is 2.47. The third kappa shape index (κ3) is 3.43. The van der Waals surface area contributed by atoms with E-state index in [1.54, 1.807) is 18.9 Å². The molecule has 3 nitrogen and oxygen atoms in total. The van der Waals surface area contributed by atoms with Crippen LogP contribution < -0.4 is 10.5 Å². The van der Waals surface area contributed by atoms with Gasteiger partial charge < -0.3 is 10.5 Å². The van der Waals surface area contributed by atoms with Gasteiger partial charge in [0.05, 0.1) is 18.7 Å². The van der Waals surface area contributed by atoms with Crippen LogP contribution in [0.2, 0.25) is 0 Å². The van der Waals surface area contributed by atoms with Gasteiger partial charge in [0, 0.05) is 16.3 Å². The highest BCUT2D eigenvalue weighted by molar-refractivity contribution is 7.98. The zero-order valence-corrected chi connectivity index (χ0v) is 11.4. The second kappa shape index (κ2) is 6.17. The molecular weight excluding hydrogens is 256 g/mol. The van der Waals surface area contributed by atoms with E-state index in [2.05, 4.69) is 6.07 Å². The minimum Gasteiger partial charge on any atom is -0.497 e. The summed E-state index contributed by atoms with van der Waals surface area (Å²) in [6.07, 6.45) is 0. The van der Waals surface area contributed by atoms with Crippen molar-refractivity contribution in [3.8, 4) is 11.8 Å². The lowest BCUT2D eigenvalue weighted by Gasteiger charge is -2.08. The summed E-state index contributed by atoms with van der Waals surface area (Å²) >= 11 is 1.66. The van der Waals surface area contributed by atoms with Crippen LogP contribution in [0, 0.1) is 11.3 Å². The van der Waals surface area contributed by atoms with Crippen molar-refractivity contribution in [2.24, 2.45) is 0 Å². The van der Waals surface area contributed by atoms with Gasteiger partial charge >= 0.3 is 0 Å². The van der Waals surface area contributed by atoms with Crippen LogP contribution in [0.3, 0.4) is 0 Å². The SMILES string of the molecule is COc1ccc(N)c(SCc2ccc(C#N)cc2)c1. The fourth-order valence-corrected chi connectivity index (χ4v) is 2.55. The van der Waals surface area contributed by atoms with Gasteiger partial charge in [0.15, 0.2) is 0 Å². The minimum atomic E-state index is 0.676. The third-order valence-corrected chi connectivity index (χ3v) is 3.84. The molecule has 96 valence electrons. The minimum absolute atomic E-state index is 0.676. The van der Waals surface area contributed by atoms with Crippen molar-refractivity contribution in [1.82, 2.24) is 0 Å². The van der Waals surface area contributed by atoms with Gasteiger partial charge in [-0.1, -0.05) is 12.1 Å². The number of thioether (sulfide) groups is 1. The number of ether oxygens (including phenoxy) is 1. The Kier molecular flexibility index (Phi) is 4.32. The summed E-state index contributed by atoms with van der Waals surface area (Å²) in [6, 6.07) is 15.3. The molecule has 0 atom stereocenters. The molecular formula is C15H14N2OS. The van der Waals surface area contributed by atoms with E-state index in [9.17, 15) is 0 Å². The third-order valence-electron chi connectivity index (χ3n) is 2.70. The molecule has 2 rings (SSSR count). The van der Waals surface area contributed by atoms with Crippen molar-refractivity contribution in [2.45, 2.75) is 10.6 Å². The monoisotopic (exact) mass is 270 g/mol. The maximum absolute atomic E-state index is 8.74. The Balaban J connectivity index is 2.07. The number of nitriles is 1. The first-order valence-corrected chi connectivity index (χ1v) is 6.77. The van der Waals surface area contributed by atoms with Gasteiger partial charge in [0.1, 0.15) is 5.75 Å². The summed E-state index contributed by atoms with van der Waals surface area (Å²) < 4.78 is 5.19. The number of rotatable bonds is 4. The second-order valence-corrected chi connectivity index (χ2v) is 5.02. The smallest absolute Gasteiger partial charge is 0.120 e. The molecule has 0 aliphatic carbocycles. The highest BCUT2D eigenvalue weighted by atomic mass is 32.2. The Morgan fingerprint density at radius 3 is 2.58 bits per heavy atom. The summed E-state index contributed by atoms with van der Waals surface area (Å²) in [7, 11) is 1.64. The van der Waals surface area contributed by atoms with Crippen LogP contribution in [-0.4, -0.2) is 7.11 Å². The number of methoxy groups -OCH3 is 1. The van der Waals surface area contributed by atoms with Crippen LogP contribution >= 0.6 is 11.8 Å². The molecule has 0 aliphatic rings. The molecule has 0 saturated heterocycles. The maximum atomic E-state index is 8.74. The maximum Gasteiger partial charge on any atom is 0.120 e. The summed E-state index contributed by atoms with van der Waals surface area (Å²) in [5.41, 5.74) is 8.52. The first kappa shape index (κ1) is 13.3. The van der Waals surface area contributed by atoms with Crippen molar-refractivity contribution < 1.29 is 4.74 Å². The first-order chi connectivity index (χ1) is 9.22. The highest BCUT2D eigenvalue weighted by Gasteiger charge is 2.03. The molecule has 0 amide bonds. The zero-order valence-electron chi connectivity index (χ0n) is 10.6. The van der Waals surface area contributed by atoms with Gasteiger partial charge in [-0.25, -0.2) is 0 Å². The van der Waals surface area contributed by atoms with E-state index in [1.807, 2.05) is 42.5 Å². The van der Waals surface area contributed by atoms with Gasteiger partial charge in [0.25, 0.3) is 0 Å². The summed E-state index contributed by atoms with van der Waals surface area (Å²) in [5, 5.41) is 8.74. The summed E-state index contributed by atoms with van der Waals surface area (Å²) in [4.78, 5) is 1.00. The molecule has 0 radical (unpaired) electrons. The van der Waals surface area contributed by atoms with Crippen LogP contribution in [0.15, 0.2) is 47.4 Å². The van der Waals surface area contributed by atoms with Crippen LogP contribution in [0.25, 0.3) is 0 Å². The average molecular weight is 270 g/mol. The van der Waals surface area contributed by atoms with Crippen molar-refractivity contribution in [2.75, 3.05) is 12.8 Å². The van der Waals surface area contributed by atoms with E-state index in [1.165, 1.54) is 0 Å². The van der Waals surface area contributed by atoms with Crippen LogP contribution in [-0.2, 0) is 5.75 Å². The molecule has 0 saturated carbocycles. The molecule has 19 heavy (non-hydrogen) atoms. The fraction of sp³-hybridized carbons (Fsp3) is 0.133. The molecule has 2 aromatic carbocycles. The lowest BCUT2D eigenvalue weighted by Crippen LogP contribution is -1.91. The molecule has 0 unspecified atom stereocenters. The van der Waals surface area contributed by atoms with Gasteiger partial charge in [-0.3, -0.25) is 0 Å². The second-order valence-electron chi connectivity index (χ2n) is 4.00. The van der Waals surface area contributed by atoms with Crippen molar-refractivity contribution >= 4 is 17.4 Å². The van der Waals surface area contributed by atoms with E-state index >= 15 is 0 Å². The number of nitrogen functional groups attached to an aromatic ring is 1. The Hall–Kier alpha value is -2.12. The molecule has 2 aromatic rings. The van der Waals surface area contributed by atoms with Crippen molar-refractivity contribution in [1.29, 1.82) is 5.26 Å². The van der Waals surface area contributed by atoms with E-state index in [0.717, 1.165) is 27.6 Å². The number of anilines is 1. The number of benzene rings is 2. The van der Waals surface area contributed by atoms with E-state index in [-0.39, 0.29) is 0 Å². The largest absolute Gasteiger partial charge is 0.497 e. The molecule has 0 aromatic heterocycles. The van der Waals surface area contributed by atoms with Crippen molar-refractivity contribution in [3.63, 3.8) is 0 Å². The zero-order chi connectivity index (χ0) is 13.7. The molecule has 0 aliphatic heterocycles. The summed E-state index contributed by atoms with van der Waals surface area (Å²) in [6.45, 7) is 0. The van der Waals surface area contributed by atoms with Crippen LogP contribution in [0.1, 0.15) is 11.1 Å². The predicted molar refractivity (Wildman–Crippen MR) is 78.1 cm³/mol. The number of hydrogen-bond donors (Lipinski definition) is 1. The number of nitrogens with zero attached hydrogens (tertiary/aromatic N) is 1. The van der Waals surface area contributed by atoms with Gasteiger partial charge in [-0.2, -0.15) is 5.26 Å². The Morgan fingerprint density at radius 1 is 1.21 bits per heavy atom. The van der Waals surface area contributed by atoms with E-state index in [0.29, 0.717) is 5.56 Å². The molecule has 4 heteroatoms. The molecule has 0 fully saturated rings. The molecule has 0 heterocycles. The highest BCUT2D eigenvalue weighted by Crippen LogP contribution is 2.31. The normalized spacial score (nSPS) is 9.89. The number of hydrogen-bond acceptors (Lipinski definition) is 4. The lowest BCUT2D eigenvalue weighted by atomic mass is 10.2.